The van der Waals surface area contributed by atoms with Crippen molar-refractivity contribution >= 4 is 34.4 Å². The van der Waals surface area contributed by atoms with Gasteiger partial charge in [0.1, 0.15) is 11.0 Å². The van der Waals surface area contributed by atoms with Crippen LogP contribution in [-0.4, -0.2) is 9.97 Å². The highest BCUT2D eigenvalue weighted by Gasteiger charge is 2.10. The minimum Gasteiger partial charge on any atom is -0.437 e. The summed E-state index contributed by atoms with van der Waals surface area (Å²) >= 11 is 0. The minimum absolute atomic E-state index is 0.572. The van der Waals surface area contributed by atoms with Crippen LogP contribution in [0.25, 0.3) is 68.1 Å². The number of fused-ring (bicyclic) bond motifs is 2. The third-order valence-corrected chi connectivity index (χ3v) is 6.58. The van der Waals surface area contributed by atoms with Crippen molar-refractivity contribution in [3.8, 4) is 33.7 Å². The summed E-state index contributed by atoms with van der Waals surface area (Å²) in [5, 5.41) is 0. The summed E-state index contributed by atoms with van der Waals surface area (Å²) in [7, 11) is 0. The monoisotopic (exact) mass is 490 g/mol. The van der Waals surface area contributed by atoms with Gasteiger partial charge < -0.3 is 8.83 Å². The van der Waals surface area contributed by atoms with Crippen LogP contribution in [0.2, 0.25) is 0 Å². The normalized spacial score (nSPS) is 11.6. The summed E-state index contributed by atoms with van der Waals surface area (Å²) in [6.07, 6.45) is 3.88. The van der Waals surface area contributed by atoms with Crippen molar-refractivity contribution in [3.63, 3.8) is 0 Å². The van der Waals surface area contributed by atoms with Gasteiger partial charge in [0.15, 0.2) is 11.2 Å². The first-order valence-corrected chi connectivity index (χ1v) is 12.5. The Morgan fingerprint density at radius 3 is 1.63 bits per heavy atom. The Bertz CT molecular complexity index is 1900. The standard InChI is InChI=1S/C34H22N2O2/c1-3-7-24(8-4-1)27-16-18-31-29(21-27)35-33(37-31)20-13-23-11-14-26(15-12-23)34-36-30-22-28(17-19-32(30)38-34)25-9-5-2-6-10-25/h1-22H/b20-13+. The van der Waals surface area contributed by atoms with Gasteiger partial charge in [-0.05, 0) is 70.3 Å². The van der Waals surface area contributed by atoms with Crippen LogP contribution in [0.5, 0.6) is 0 Å². The number of nitrogens with zero attached hydrogens (tertiary/aromatic N) is 2. The number of aromatic nitrogens is 2. The molecule has 0 amide bonds. The second-order valence-corrected chi connectivity index (χ2v) is 9.12. The highest BCUT2D eigenvalue weighted by molar-refractivity contribution is 5.83. The second-order valence-electron chi connectivity index (χ2n) is 9.12. The van der Waals surface area contributed by atoms with Gasteiger partial charge in [0.05, 0.1) is 0 Å². The van der Waals surface area contributed by atoms with Gasteiger partial charge in [-0.25, -0.2) is 9.97 Å². The van der Waals surface area contributed by atoms with E-state index in [4.69, 9.17) is 13.8 Å². The number of rotatable bonds is 5. The maximum absolute atomic E-state index is 6.04. The molecule has 4 nitrogen and oxygen atoms in total. The lowest BCUT2D eigenvalue weighted by Gasteiger charge is -1.99. The highest BCUT2D eigenvalue weighted by Crippen LogP contribution is 2.29. The quantitative estimate of drug-likeness (QED) is 0.241. The van der Waals surface area contributed by atoms with Crippen molar-refractivity contribution in [2.45, 2.75) is 0 Å². The Morgan fingerprint density at radius 2 is 1.00 bits per heavy atom. The zero-order chi connectivity index (χ0) is 25.3. The molecule has 7 rings (SSSR count). The number of benzene rings is 5. The fourth-order valence-electron chi connectivity index (χ4n) is 4.59. The molecule has 4 heteroatoms. The van der Waals surface area contributed by atoms with E-state index in [1.54, 1.807) is 0 Å². The molecule has 38 heavy (non-hydrogen) atoms. The van der Waals surface area contributed by atoms with Gasteiger partial charge in [-0.3, -0.25) is 0 Å². The van der Waals surface area contributed by atoms with E-state index in [0.717, 1.165) is 55.6 Å². The van der Waals surface area contributed by atoms with Crippen LogP contribution in [0, 0.1) is 0 Å². The van der Waals surface area contributed by atoms with Crippen molar-refractivity contribution in [2.24, 2.45) is 0 Å². The molecule has 0 aliphatic heterocycles. The van der Waals surface area contributed by atoms with Crippen LogP contribution in [0.1, 0.15) is 11.5 Å². The molecule has 2 heterocycles. The van der Waals surface area contributed by atoms with Gasteiger partial charge in [-0.2, -0.15) is 0 Å². The van der Waals surface area contributed by atoms with E-state index in [0.29, 0.717) is 11.8 Å². The van der Waals surface area contributed by atoms with E-state index in [2.05, 4.69) is 53.5 Å². The van der Waals surface area contributed by atoms with Gasteiger partial charge in [0, 0.05) is 11.6 Å². The first kappa shape index (κ1) is 22.0. The van der Waals surface area contributed by atoms with Crippen LogP contribution < -0.4 is 0 Å². The van der Waals surface area contributed by atoms with Gasteiger partial charge in [-0.1, -0.05) is 84.9 Å². The minimum atomic E-state index is 0.572. The third kappa shape index (κ3) is 4.29. The SMILES string of the molecule is C(=C\c1nc2cc(-c3ccccc3)ccc2o1)/c1ccc(-c2nc3cc(-c4ccccc4)ccc3o2)cc1. The summed E-state index contributed by atoms with van der Waals surface area (Å²) in [6, 6.07) is 40.9. The first-order chi connectivity index (χ1) is 18.8. The predicted molar refractivity (Wildman–Crippen MR) is 153 cm³/mol. The molecular formula is C34H22N2O2. The molecule has 0 saturated heterocycles. The van der Waals surface area contributed by atoms with Gasteiger partial charge in [0.25, 0.3) is 0 Å². The highest BCUT2D eigenvalue weighted by atomic mass is 16.4. The van der Waals surface area contributed by atoms with E-state index in [1.807, 2.05) is 84.9 Å². The Hall–Kier alpha value is -5.22. The molecule has 0 fully saturated rings. The van der Waals surface area contributed by atoms with Crippen molar-refractivity contribution < 1.29 is 8.83 Å². The van der Waals surface area contributed by atoms with Crippen molar-refractivity contribution in [1.82, 2.24) is 9.97 Å². The molecule has 0 bridgehead atoms. The lowest BCUT2D eigenvalue weighted by atomic mass is 10.1. The summed E-state index contributed by atoms with van der Waals surface area (Å²) in [6.45, 7) is 0. The van der Waals surface area contributed by atoms with E-state index in [1.165, 1.54) is 0 Å². The smallest absolute Gasteiger partial charge is 0.227 e. The predicted octanol–water partition coefficient (Wildman–Crippen LogP) is 9.14. The van der Waals surface area contributed by atoms with Crippen LogP contribution >= 0.6 is 0 Å². The Morgan fingerprint density at radius 1 is 0.447 bits per heavy atom. The molecule has 7 aromatic rings. The lowest BCUT2D eigenvalue weighted by Crippen LogP contribution is -1.79. The molecule has 0 saturated carbocycles. The molecule has 2 aromatic heterocycles. The Labute approximate surface area is 219 Å². The van der Waals surface area contributed by atoms with Crippen LogP contribution in [-0.2, 0) is 0 Å². The van der Waals surface area contributed by atoms with Crippen LogP contribution in [0.15, 0.2) is 130 Å². The second kappa shape index (κ2) is 9.34. The molecule has 0 aliphatic carbocycles. The molecule has 0 spiro atoms. The van der Waals surface area contributed by atoms with E-state index >= 15 is 0 Å². The zero-order valence-corrected chi connectivity index (χ0v) is 20.4. The Balaban J connectivity index is 1.10. The third-order valence-electron chi connectivity index (χ3n) is 6.58. The van der Waals surface area contributed by atoms with E-state index in [9.17, 15) is 0 Å². The van der Waals surface area contributed by atoms with Gasteiger partial charge in [0.2, 0.25) is 11.8 Å². The summed E-state index contributed by atoms with van der Waals surface area (Å²) in [5.41, 5.74) is 9.74. The average molecular weight is 491 g/mol. The summed E-state index contributed by atoms with van der Waals surface area (Å²) in [5.74, 6) is 1.18. The molecule has 5 aromatic carbocycles. The summed E-state index contributed by atoms with van der Waals surface area (Å²) < 4.78 is 12.0. The maximum Gasteiger partial charge on any atom is 0.227 e. The summed E-state index contributed by atoms with van der Waals surface area (Å²) in [4.78, 5) is 9.39. The fraction of sp³-hybridized carbons (Fsp3) is 0. The molecular weight excluding hydrogens is 468 g/mol. The first-order valence-electron chi connectivity index (χ1n) is 12.5. The number of hydrogen-bond acceptors (Lipinski definition) is 4. The average Bonchev–Trinajstić information content (AvgIpc) is 3.60. The van der Waals surface area contributed by atoms with E-state index < -0.39 is 0 Å². The molecule has 0 atom stereocenters. The molecule has 0 aliphatic rings. The molecule has 0 N–H and O–H groups in total. The largest absolute Gasteiger partial charge is 0.437 e. The molecule has 0 radical (unpaired) electrons. The van der Waals surface area contributed by atoms with Crippen molar-refractivity contribution in [2.75, 3.05) is 0 Å². The lowest BCUT2D eigenvalue weighted by molar-refractivity contribution is 0.590. The van der Waals surface area contributed by atoms with Gasteiger partial charge in [-0.15, -0.1) is 0 Å². The van der Waals surface area contributed by atoms with Crippen molar-refractivity contribution in [3.05, 3.63) is 133 Å². The number of oxazole rings is 2. The Kier molecular flexibility index (Phi) is 5.41. The van der Waals surface area contributed by atoms with E-state index in [-0.39, 0.29) is 0 Å². The number of hydrogen-bond donors (Lipinski definition) is 0. The van der Waals surface area contributed by atoms with Gasteiger partial charge >= 0.3 is 0 Å². The zero-order valence-electron chi connectivity index (χ0n) is 20.4. The maximum atomic E-state index is 6.04. The fourth-order valence-corrected chi connectivity index (χ4v) is 4.59. The molecule has 0 unspecified atom stereocenters. The van der Waals surface area contributed by atoms with Crippen LogP contribution in [0.4, 0.5) is 0 Å². The van der Waals surface area contributed by atoms with Crippen LogP contribution in [0.3, 0.4) is 0 Å². The molecule has 180 valence electrons. The van der Waals surface area contributed by atoms with Crippen molar-refractivity contribution in [1.29, 1.82) is 0 Å². The topological polar surface area (TPSA) is 52.1 Å².